The fourth-order valence-electron chi connectivity index (χ4n) is 2.65. The third kappa shape index (κ3) is 4.72. The summed E-state index contributed by atoms with van der Waals surface area (Å²) in [6.45, 7) is 1.99. The van der Waals surface area contributed by atoms with Crippen molar-refractivity contribution in [1.29, 1.82) is 5.26 Å². The maximum absolute atomic E-state index is 13.7. The Hall–Kier alpha value is -2.80. The molecule has 3 aromatic carbocycles. The zero-order valence-corrected chi connectivity index (χ0v) is 16.6. The van der Waals surface area contributed by atoms with Crippen LogP contribution in [0.4, 0.5) is 4.39 Å². The third-order valence-electron chi connectivity index (χ3n) is 4.14. The van der Waals surface area contributed by atoms with Crippen LogP contribution in [0.5, 0.6) is 5.75 Å². The van der Waals surface area contributed by atoms with Crippen LogP contribution in [0.15, 0.2) is 60.7 Å². The van der Waals surface area contributed by atoms with Gasteiger partial charge in [-0.3, -0.25) is 0 Å². The molecule has 0 aliphatic heterocycles. The Kier molecular flexibility index (Phi) is 6.36. The van der Waals surface area contributed by atoms with Crippen LogP contribution in [0.1, 0.15) is 22.3 Å². The third-order valence-corrected chi connectivity index (χ3v) is 4.71. The second-order valence-corrected chi connectivity index (χ2v) is 7.04. The first-order chi connectivity index (χ1) is 13.5. The summed E-state index contributed by atoms with van der Waals surface area (Å²) in [6, 6.07) is 19.5. The number of aryl methyl sites for hydroxylation is 1. The molecule has 0 N–H and O–H groups in total. The normalized spacial score (nSPS) is 11.2. The van der Waals surface area contributed by atoms with Crippen LogP contribution < -0.4 is 4.74 Å². The summed E-state index contributed by atoms with van der Waals surface area (Å²) in [5.41, 5.74) is 3.49. The van der Waals surface area contributed by atoms with E-state index in [0.29, 0.717) is 16.7 Å². The van der Waals surface area contributed by atoms with Gasteiger partial charge >= 0.3 is 0 Å². The van der Waals surface area contributed by atoms with Gasteiger partial charge < -0.3 is 4.74 Å². The number of nitrogens with zero attached hydrogens (tertiary/aromatic N) is 1. The quantitative estimate of drug-likeness (QED) is 0.331. The van der Waals surface area contributed by atoms with Gasteiger partial charge in [0.2, 0.25) is 0 Å². The van der Waals surface area contributed by atoms with Crippen LogP contribution in [0.2, 0.25) is 10.0 Å². The molecule has 0 saturated carbocycles. The monoisotopic (exact) mass is 411 g/mol. The number of benzene rings is 3. The lowest BCUT2D eigenvalue weighted by Gasteiger charge is -2.11. The molecular weight excluding hydrogens is 396 g/mol. The molecule has 2 nitrogen and oxygen atoms in total. The molecule has 0 saturated heterocycles. The van der Waals surface area contributed by atoms with Crippen LogP contribution in [-0.4, -0.2) is 0 Å². The zero-order chi connectivity index (χ0) is 20.1. The van der Waals surface area contributed by atoms with Crippen molar-refractivity contribution in [2.24, 2.45) is 0 Å². The second kappa shape index (κ2) is 8.93. The summed E-state index contributed by atoms with van der Waals surface area (Å²) in [5, 5.41) is 10.1. The minimum Gasteiger partial charge on any atom is -0.486 e. The number of nitriles is 1. The minimum absolute atomic E-state index is 0.00805. The highest BCUT2D eigenvalue weighted by atomic mass is 35.5. The fraction of sp³-hybridized carbons (Fsp3) is 0.0870. The molecule has 0 fully saturated rings. The van der Waals surface area contributed by atoms with E-state index >= 15 is 0 Å². The number of ether oxygens (including phenoxy) is 1. The van der Waals surface area contributed by atoms with Crippen molar-refractivity contribution < 1.29 is 9.13 Å². The van der Waals surface area contributed by atoms with Gasteiger partial charge in [0.25, 0.3) is 0 Å². The number of hydrogen-bond acceptors (Lipinski definition) is 2. The average molecular weight is 412 g/mol. The van der Waals surface area contributed by atoms with Gasteiger partial charge in [-0.1, -0.05) is 71.2 Å². The first kappa shape index (κ1) is 19.9. The summed E-state index contributed by atoms with van der Waals surface area (Å²) < 4.78 is 19.4. The Labute approximate surface area is 173 Å². The lowest BCUT2D eigenvalue weighted by atomic mass is 10.0. The molecule has 3 aromatic rings. The van der Waals surface area contributed by atoms with E-state index in [1.165, 1.54) is 6.07 Å². The van der Waals surface area contributed by atoms with Crippen molar-refractivity contribution >= 4 is 34.9 Å². The van der Waals surface area contributed by atoms with Crippen molar-refractivity contribution in [3.05, 3.63) is 98.8 Å². The van der Waals surface area contributed by atoms with Crippen molar-refractivity contribution in [3.63, 3.8) is 0 Å². The van der Waals surface area contributed by atoms with Crippen LogP contribution in [0, 0.1) is 24.1 Å². The molecule has 28 heavy (non-hydrogen) atoms. The summed E-state index contributed by atoms with van der Waals surface area (Å²) in [7, 11) is 0. The van der Waals surface area contributed by atoms with E-state index in [1.54, 1.807) is 36.4 Å². The van der Waals surface area contributed by atoms with Crippen molar-refractivity contribution in [2.45, 2.75) is 13.5 Å². The fourth-order valence-corrected chi connectivity index (χ4v) is 3.26. The largest absolute Gasteiger partial charge is 0.486 e. The lowest BCUT2D eigenvalue weighted by Crippen LogP contribution is -1.99. The van der Waals surface area contributed by atoms with Gasteiger partial charge in [0.05, 0.1) is 21.7 Å². The van der Waals surface area contributed by atoms with Crippen LogP contribution in [0.25, 0.3) is 11.6 Å². The predicted octanol–water partition coefficient (Wildman–Crippen LogP) is 7.08. The highest BCUT2D eigenvalue weighted by Gasteiger charge is 2.12. The molecule has 0 aliphatic carbocycles. The summed E-state index contributed by atoms with van der Waals surface area (Å²) in [6.07, 6.45) is 1.71. The molecule has 0 radical (unpaired) electrons. The van der Waals surface area contributed by atoms with Crippen LogP contribution in [0.3, 0.4) is 0 Å². The van der Waals surface area contributed by atoms with Crippen LogP contribution >= 0.6 is 23.2 Å². The van der Waals surface area contributed by atoms with Crippen molar-refractivity contribution in [2.75, 3.05) is 0 Å². The summed E-state index contributed by atoms with van der Waals surface area (Å²) >= 11 is 12.6. The lowest BCUT2D eigenvalue weighted by molar-refractivity contribution is 0.300. The van der Waals surface area contributed by atoms with Crippen LogP contribution in [-0.2, 0) is 6.61 Å². The van der Waals surface area contributed by atoms with E-state index in [2.05, 4.69) is 6.07 Å². The molecule has 0 atom stereocenters. The number of rotatable bonds is 5. The Morgan fingerprint density at radius 3 is 2.32 bits per heavy atom. The Balaban J connectivity index is 1.86. The molecule has 0 spiro atoms. The number of allylic oxidation sites excluding steroid dienone is 1. The van der Waals surface area contributed by atoms with Gasteiger partial charge in [0.15, 0.2) is 5.75 Å². The molecule has 0 heterocycles. The molecule has 3 rings (SSSR count). The molecule has 0 aromatic heterocycles. The first-order valence-electron chi connectivity index (χ1n) is 8.52. The minimum atomic E-state index is -0.356. The highest BCUT2D eigenvalue weighted by molar-refractivity contribution is 6.37. The van der Waals surface area contributed by atoms with E-state index in [4.69, 9.17) is 27.9 Å². The Bertz CT molecular complexity index is 1050. The van der Waals surface area contributed by atoms with Crippen molar-refractivity contribution in [3.8, 4) is 11.8 Å². The van der Waals surface area contributed by atoms with E-state index in [0.717, 1.165) is 11.1 Å². The molecule has 0 unspecified atom stereocenters. The molecule has 5 heteroatoms. The zero-order valence-electron chi connectivity index (χ0n) is 15.0. The topological polar surface area (TPSA) is 33.0 Å². The van der Waals surface area contributed by atoms with Gasteiger partial charge in [-0.2, -0.15) is 5.26 Å². The molecule has 140 valence electrons. The molecule has 0 amide bonds. The summed E-state index contributed by atoms with van der Waals surface area (Å²) in [4.78, 5) is 0. The van der Waals surface area contributed by atoms with Gasteiger partial charge in [0, 0.05) is 5.56 Å². The van der Waals surface area contributed by atoms with E-state index in [1.807, 2.05) is 31.2 Å². The van der Waals surface area contributed by atoms with Gasteiger partial charge in [-0.15, -0.1) is 0 Å². The van der Waals surface area contributed by atoms with Gasteiger partial charge in [-0.25, -0.2) is 4.39 Å². The standard InChI is InChI=1S/C23H16Cl2FNO/c1-15-6-8-17(9-7-15)19(13-27)10-16-11-20(24)23(21(25)12-16)28-14-18-4-2-3-5-22(18)26/h2-12H,14H2,1H3/b19-10-. The van der Waals surface area contributed by atoms with Gasteiger partial charge in [0.1, 0.15) is 12.4 Å². The molecule has 0 aliphatic rings. The SMILES string of the molecule is Cc1ccc(/C(C#N)=C\c2cc(Cl)c(OCc3ccccc3F)c(Cl)c2)cc1. The maximum Gasteiger partial charge on any atom is 0.157 e. The Morgan fingerprint density at radius 2 is 1.71 bits per heavy atom. The summed E-state index contributed by atoms with van der Waals surface area (Å²) in [5.74, 6) is -0.0800. The smallest absolute Gasteiger partial charge is 0.157 e. The van der Waals surface area contributed by atoms with Gasteiger partial charge in [-0.05, 0) is 42.3 Å². The van der Waals surface area contributed by atoms with Crippen molar-refractivity contribution in [1.82, 2.24) is 0 Å². The predicted molar refractivity (Wildman–Crippen MR) is 112 cm³/mol. The van der Waals surface area contributed by atoms with E-state index < -0.39 is 0 Å². The van der Waals surface area contributed by atoms with E-state index in [9.17, 15) is 9.65 Å². The maximum atomic E-state index is 13.7. The number of halogens is 3. The van der Waals surface area contributed by atoms with E-state index in [-0.39, 0.29) is 28.2 Å². The number of hydrogen-bond donors (Lipinski definition) is 0. The second-order valence-electron chi connectivity index (χ2n) is 6.23. The average Bonchev–Trinajstić information content (AvgIpc) is 2.67. The first-order valence-corrected chi connectivity index (χ1v) is 9.27. The molecule has 0 bridgehead atoms. The molecular formula is C23H16Cl2FNO. The Morgan fingerprint density at radius 1 is 1.07 bits per heavy atom. The highest BCUT2D eigenvalue weighted by Crippen LogP contribution is 2.36.